The minimum atomic E-state index is -0.317. The number of nitrogens with zero attached hydrogens (tertiary/aromatic N) is 2. The SMILES string of the molecule is COc1ccc(CC(=O)Nc2c3c(nn2-c2ccc(F)cc2)CSC3)cc1OC. The molecule has 1 amide bonds. The van der Waals surface area contributed by atoms with Crippen molar-refractivity contribution in [2.75, 3.05) is 19.5 Å². The van der Waals surface area contributed by atoms with Crippen LogP contribution in [0.15, 0.2) is 42.5 Å². The Balaban J connectivity index is 1.59. The Morgan fingerprint density at radius 3 is 2.62 bits per heavy atom. The van der Waals surface area contributed by atoms with Crippen molar-refractivity contribution in [3.8, 4) is 17.2 Å². The highest BCUT2D eigenvalue weighted by Gasteiger charge is 2.24. The lowest BCUT2D eigenvalue weighted by molar-refractivity contribution is -0.115. The van der Waals surface area contributed by atoms with Crippen molar-refractivity contribution in [1.29, 1.82) is 0 Å². The topological polar surface area (TPSA) is 65.4 Å². The lowest BCUT2D eigenvalue weighted by Gasteiger charge is -2.12. The van der Waals surface area contributed by atoms with Gasteiger partial charge in [0.1, 0.15) is 11.6 Å². The molecule has 8 heteroatoms. The van der Waals surface area contributed by atoms with Crippen LogP contribution in [0.4, 0.5) is 10.2 Å². The number of thioether (sulfide) groups is 1. The maximum atomic E-state index is 13.3. The van der Waals surface area contributed by atoms with Crippen LogP contribution in [-0.4, -0.2) is 29.9 Å². The molecule has 0 aliphatic carbocycles. The first-order chi connectivity index (χ1) is 14.1. The van der Waals surface area contributed by atoms with Crippen molar-refractivity contribution in [2.45, 2.75) is 17.9 Å². The quantitative estimate of drug-likeness (QED) is 0.663. The molecular weight excluding hydrogens is 393 g/mol. The molecule has 0 bridgehead atoms. The van der Waals surface area contributed by atoms with Crippen LogP contribution in [0.5, 0.6) is 11.5 Å². The fraction of sp³-hybridized carbons (Fsp3) is 0.238. The van der Waals surface area contributed by atoms with Crippen LogP contribution in [0.1, 0.15) is 16.8 Å². The molecule has 0 saturated heterocycles. The average molecular weight is 413 g/mol. The zero-order chi connectivity index (χ0) is 20.4. The predicted molar refractivity (Wildman–Crippen MR) is 110 cm³/mol. The van der Waals surface area contributed by atoms with Gasteiger partial charge in [-0.15, -0.1) is 0 Å². The van der Waals surface area contributed by atoms with E-state index in [0.29, 0.717) is 23.0 Å². The van der Waals surface area contributed by atoms with Crippen LogP contribution in [0.25, 0.3) is 5.69 Å². The second-order valence-corrected chi connectivity index (χ2v) is 7.55. The van der Waals surface area contributed by atoms with Gasteiger partial charge in [0.2, 0.25) is 5.91 Å². The molecule has 29 heavy (non-hydrogen) atoms. The molecule has 0 unspecified atom stereocenters. The Morgan fingerprint density at radius 1 is 1.14 bits per heavy atom. The number of rotatable bonds is 6. The molecule has 1 aromatic heterocycles. The van der Waals surface area contributed by atoms with E-state index in [-0.39, 0.29) is 18.1 Å². The second-order valence-electron chi connectivity index (χ2n) is 6.57. The van der Waals surface area contributed by atoms with Crippen molar-refractivity contribution in [3.05, 3.63) is 65.1 Å². The summed E-state index contributed by atoms with van der Waals surface area (Å²) in [6.45, 7) is 0. The Kier molecular flexibility index (Phi) is 5.44. The lowest BCUT2D eigenvalue weighted by atomic mass is 10.1. The first kappa shape index (κ1) is 19.3. The maximum absolute atomic E-state index is 13.3. The van der Waals surface area contributed by atoms with Crippen molar-refractivity contribution in [3.63, 3.8) is 0 Å². The summed E-state index contributed by atoms with van der Waals surface area (Å²) in [4.78, 5) is 12.8. The molecule has 0 atom stereocenters. The minimum absolute atomic E-state index is 0.166. The van der Waals surface area contributed by atoms with Gasteiger partial charge < -0.3 is 14.8 Å². The molecule has 0 saturated carbocycles. The number of nitrogens with one attached hydrogen (secondary N) is 1. The van der Waals surface area contributed by atoms with E-state index in [1.54, 1.807) is 54.9 Å². The van der Waals surface area contributed by atoms with Crippen LogP contribution < -0.4 is 14.8 Å². The van der Waals surface area contributed by atoms with Gasteiger partial charge in [0.05, 0.1) is 32.0 Å². The summed E-state index contributed by atoms with van der Waals surface area (Å²) in [6, 6.07) is 11.5. The number of carbonyl (C=O) groups is 1. The molecule has 6 nitrogen and oxygen atoms in total. The van der Waals surface area contributed by atoms with E-state index < -0.39 is 0 Å². The van der Waals surface area contributed by atoms with E-state index >= 15 is 0 Å². The zero-order valence-corrected chi connectivity index (χ0v) is 16.9. The Labute approximate surface area is 172 Å². The van der Waals surface area contributed by atoms with Crippen molar-refractivity contribution >= 4 is 23.5 Å². The third-order valence-electron chi connectivity index (χ3n) is 4.69. The number of fused-ring (bicyclic) bond motifs is 1. The van der Waals surface area contributed by atoms with Gasteiger partial charge in [-0.25, -0.2) is 9.07 Å². The molecule has 3 aromatic rings. The molecule has 1 aliphatic heterocycles. The second kappa shape index (κ2) is 8.16. The highest BCUT2D eigenvalue weighted by molar-refractivity contribution is 7.98. The summed E-state index contributed by atoms with van der Waals surface area (Å²) >= 11 is 1.75. The van der Waals surface area contributed by atoms with Gasteiger partial charge in [0.15, 0.2) is 11.5 Å². The Bertz CT molecular complexity index is 1050. The summed E-state index contributed by atoms with van der Waals surface area (Å²) in [5, 5.41) is 7.62. The van der Waals surface area contributed by atoms with E-state index in [1.165, 1.54) is 12.1 Å². The first-order valence-corrected chi connectivity index (χ1v) is 10.2. The van der Waals surface area contributed by atoms with Crippen LogP contribution in [0.2, 0.25) is 0 Å². The smallest absolute Gasteiger partial charge is 0.229 e. The summed E-state index contributed by atoms with van der Waals surface area (Å²) < 4.78 is 25.5. The van der Waals surface area contributed by atoms with Crippen LogP contribution in [0.3, 0.4) is 0 Å². The van der Waals surface area contributed by atoms with Crippen molar-refractivity contribution < 1.29 is 18.7 Å². The molecule has 1 N–H and O–H groups in total. The molecule has 4 rings (SSSR count). The minimum Gasteiger partial charge on any atom is -0.493 e. The number of methoxy groups -OCH3 is 2. The van der Waals surface area contributed by atoms with Crippen molar-refractivity contribution in [2.24, 2.45) is 0 Å². The third kappa shape index (κ3) is 3.93. The Morgan fingerprint density at radius 2 is 1.90 bits per heavy atom. The number of aromatic nitrogens is 2. The number of ether oxygens (including phenoxy) is 2. The number of amides is 1. The molecule has 0 spiro atoms. The summed E-state index contributed by atoms with van der Waals surface area (Å²) in [6.07, 6.45) is 0.177. The fourth-order valence-electron chi connectivity index (χ4n) is 3.26. The monoisotopic (exact) mass is 413 g/mol. The van der Waals surface area contributed by atoms with E-state index in [0.717, 1.165) is 28.3 Å². The average Bonchev–Trinajstić information content (AvgIpc) is 3.31. The van der Waals surface area contributed by atoms with Crippen LogP contribution in [-0.2, 0) is 22.7 Å². The predicted octanol–water partition coefficient (Wildman–Crippen LogP) is 3.96. The summed E-state index contributed by atoms with van der Waals surface area (Å²) in [5.74, 6) is 2.92. The van der Waals surface area contributed by atoms with Crippen LogP contribution in [0, 0.1) is 5.82 Å². The lowest BCUT2D eigenvalue weighted by Crippen LogP contribution is -2.18. The molecule has 150 valence electrons. The third-order valence-corrected chi connectivity index (χ3v) is 5.66. The number of hydrogen-bond acceptors (Lipinski definition) is 5. The molecular formula is C21H20FN3O3S. The highest BCUT2D eigenvalue weighted by atomic mass is 32.2. The molecule has 0 radical (unpaired) electrons. The first-order valence-electron chi connectivity index (χ1n) is 9.04. The molecule has 2 aromatic carbocycles. The van der Waals surface area contributed by atoms with E-state index in [4.69, 9.17) is 9.47 Å². The van der Waals surface area contributed by atoms with E-state index in [2.05, 4.69) is 10.4 Å². The standard InChI is InChI=1S/C21H20FN3O3S/c1-27-18-8-3-13(9-19(18)28-2)10-20(26)23-21-16-11-29-12-17(16)24-25(21)15-6-4-14(22)5-7-15/h3-9H,10-12H2,1-2H3,(H,23,26). The normalized spacial score (nSPS) is 12.5. The zero-order valence-electron chi connectivity index (χ0n) is 16.1. The number of carbonyl (C=O) groups excluding carboxylic acids is 1. The maximum Gasteiger partial charge on any atom is 0.229 e. The van der Waals surface area contributed by atoms with Gasteiger partial charge >= 0.3 is 0 Å². The molecule has 1 aliphatic rings. The van der Waals surface area contributed by atoms with Gasteiger partial charge in [-0.3, -0.25) is 4.79 Å². The molecule has 0 fully saturated rings. The summed E-state index contributed by atoms with van der Waals surface area (Å²) in [7, 11) is 3.13. The van der Waals surface area contributed by atoms with Gasteiger partial charge in [-0.05, 0) is 42.0 Å². The number of benzene rings is 2. The van der Waals surface area contributed by atoms with E-state index in [1.807, 2.05) is 6.07 Å². The van der Waals surface area contributed by atoms with Gasteiger partial charge in [0.25, 0.3) is 0 Å². The molecule has 2 heterocycles. The van der Waals surface area contributed by atoms with Crippen molar-refractivity contribution in [1.82, 2.24) is 9.78 Å². The fourth-order valence-corrected chi connectivity index (χ4v) is 4.30. The van der Waals surface area contributed by atoms with Gasteiger partial charge in [-0.1, -0.05) is 6.07 Å². The highest BCUT2D eigenvalue weighted by Crippen LogP contribution is 2.36. The summed E-state index contributed by atoms with van der Waals surface area (Å²) in [5.41, 5.74) is 3.46. The number of anilines is 1. The number of halogens is 1. The van der Waals surface area contributed by atoms with Gasteiger partial charge in [0, 0.05) is 17.1 Å². The number of hydrogen-bond donors (Lipinski definition) is 1. The van der Waals surface area contributed by atoms with Gasteiger partial charge in [-0.2, -0.15) is 16.9 Å². The van der Waals surface area contributed by atoms with E-state index in [9.17, 15) is 9.18 Å². The Hall–Kier alpha value is -3.00. The largest absolute Gasteiger partial charge is 0.493 e. The van der Waals surface area contributed by atoms with Crippen LogP contribution >= 0.6 is 11.8 Å².